The number of nitrogens with zero attached hydrogens (tertiary/aromatic N) is 3. The molecule has 3 atom stereocenters. The molecule has 112 valence electrons. The number of hydrogen-bond donors (Lipinski definition) is 0. The Morgan fingerprint density at radius 1 is 1.38 bits per heavy atom. The Labute approximate surface area is 129 Å². The lowest BCUT2D eigenvalue weighted by Crippen LogP contribution is -2.50. The van der Waals surface area contributed by atoms with E-state index in [4.69, 9.17) is 4.74 Å². The van der Waals surface area contributed by atoms with E-state index in [-0.39, 0.29) is 0 Å². The number of rotatable bonds is 4. The van der Waals surface area contributed by atoms with E-state index >= 15 is 0 Å². The smallest absolute Gasteiger partial charge is 0.0946 e. The molecule has 21 heavy (non-hydrogen) atoms. The first-order valence-electron chi connectivity index (χ1n) is 7.72. The second-order valence-electron chi connectivity index (χ2n) is 6.10. The zero-order valence-corrected chi connectivity index (χ0v) is 12.9. The number of thiophene rings is 1. The molecule has 0 bridgehead atoms. The van der Waals surface area contributed by atoms with Crippen LogP contribution in [0, 0.1) is 5.92 Å². The average molecular weight is 303 g/mol. The highest BCUT2D eigenvalue weighted by Gasteiger charge is 2.42. The summed E-state index contributed by atoms with van der Waals surface area (Å²) in [5, 5.41) is 4.44. The Balaban J connectivity index is 1.44. The molecule has 2 aromatic rings. The summed E-state index contributed by atoms with van der Waals surface area (Å²) in [6, 6.07) is 2.83. The first kappa shape index (κ1) is 13.5. The first-order valence-corrected chi connectivity index (χ1v) is 8.67. The van der Waals surface area contributed by atoms with Crippen molar-refractivity contribution in [3.05, 3.63) is 41.1 Å². The molecule has 0 amide bonds. The van der Waals surface area contributed by atoms with Gasteiger partial charge in [-0.1, -0.05) is 0 Å². The fraction of sp³-hybridized carbons (Fsp3) is 0.562. The van der Waals surface area contributed by atoms with E-state index in [0.29, 0.717) is 18.1 Å². The summed E-state index contributed by atoms with van der Waals surface area (Å²) in [4.78, 5) is 6.78. The summed E-state index contributed by atoms with van der Waals surface area (Å²) >= 11 is 1.79. The second kappa shape index (κ2) is 5.91. The van der Waals surface area contributed by atoms with Crippen LogP contribution < -0.4 is 0 Å². The van der Waals surface area contributed by atoms with E-state index in [0.717, 1.165) is 26.2 Å². The van der Waals surface area contributed by atoms with Crippen molar-refractivity contribution in [3.8, 4) is 0 Å². The van der Waals surface area contributed by atoms with Crippen LogP contribution in [0.2, 0.25) is 0 Å². The minimum absolute atomic E-state index is 0.389. The Morgan fingerprint density at radius 3 is 3.19 bits per heavy atom. The normalized spacial score (nSPS) is 29.6. The van der Waals surface area contributed by atoms with Gasteiger partial charge in [0.1, 0.15) is 0 Å². The molecular formula is C16H21N3OS. The Kier molecular flexibility index (Phi) is 3.80. The van der Waals surface area contributed by atoms with Gasteiger partial charge in [-0.3, -0.25) is 4.90 Å². The van der Waals surface area contributed by atoms with Crippen LogP contribution in [-0.2, 0) is 17.8 Å². The summed E-state index contributed by atoms with van der Waals surface area (Å²) in [5.74, 6) is 0.620. The maximum atomic E-state index is 6.14. The summed E-state index contributed by atoms with van der Waals surface area (Å²) in [5.41, 5.74) is 1.44. The lowest BCUT2D eigenvalue weighted by molar-refractivity contribution is -0.0785. The molecule has 0 spiro atoms. The molecule has 5 heteroatoms. The lowest BCUT2D eigenvalue weighted by Gasteiger charge is -2.39. The monoisotopic (exact) mass is 303 g/mol. The number of aromatic nitrogens is 2. The van der Waals surface area contributed by atoms with Gasteiger partial charge in [-0.15, -0.1) is 0 Å². The van der Waals surface area contributed by atoms with Crippen LogP contribution in [0.3, 0.4) is 0 Å². The summed E-state index contributed by atoms with van der Waals surface area (Å²) < 4.78 is 8.33. The standard InChI is InChI=1S/C16H21N3OS/c1-2-15-16(14(1)10-18-5-4-17-12-18)20-7-6-19(15)9-13-3-8-21-11-13/h3-5,8,11-12,14-16H,1-2,6-7,9-10H2. The molecular weight excluding hydrogens is 282 g/mol. The molecule has 2 aliphatic rings. The van der Waals surface area contributed by atoms with Gasteiger partial charge in [0, 0.05) is 44.0 Å². The molecule has 4 rings (SSSR count). The number of morpholine rings is 1. The first-order chi connectivity index (χ1) is 10.4. The predicted molar refractivity (Wildman–Crippen MR) is 83.2 cm³/mol. The number of ether oxygens (including phenoxy) is 1. The van der Waals surface area contributed by atoms with Gasteiger partial charge in [-0.25, -0.2) is 4.98 Å². The minimum atomic E-state index is 0.389. The highest BCUT2D eigenvalue weighted by molar-refractivity contribution is 7.07. The van der Waals surface area contributed by atoms with E-state index < -0.39 is 0 Å². The SMILES string of the molecule is c1cn(CC2CCC3C2OCCN3Cc2ccsc2)cn1. The molecule has 2 fully saturated rings. The van der Waals surface area contributed by atoms with Gasteiger partial charge in [0.05, 0.1) is 19.0 Å². The van der Waals surface area contributed by atoms with E-state index in [1.807, 2.05) is 12.5 Å². The van der Waals surface area contributed by atoms with Gasteiger partial charge in [0.25, 0.3) is 0 Å². The molecule has 1 aliphatic heterocycles. The Bertz CT molecular complexity index is 554. The zero-order valence-electron chi connectivity index (χ0n) is 12.1. The highest BCUT2D eigenvalue weighted by atomic mass is 32.1. The van der Waals surface area contributed by atoms with Gasteiger partial charge < -0.3 is 9.30 Å². The molecule has 3 unspecified atom stereocenters. The molecule has 0 N–H and O–H groups in total. The van der Waals surface area contributed by atoms with E-state index in [2.05, 4.69) is 37.5 Å². The molecule has 0 radical (unpaired) electrons. The van der Waals surface area contributed by atoms with Crippen molar-refractivity contribution in [1.82, 2.24) is 14.5 Å². The van der Waals surface area contributed by atoms with Crippen molar-refractivity contribution in [2.24, 2.45) is 5.92 Å². The Hall–Kier alpha value is -1.17. The summed E-state index contributed by atoms with van der Waals surface area (Å²) in [6.45, 7) is 4.04. The van der Waals surface area contributed by atoms with E-state index in [1.165, 1.54) is 18.4 Å². The third kappa shape index (κ3) is 2.78. The van der Waals surface area contributed by atoms with Crippen LogP contribution in [-0.4, -0.2) is 39.7 Å². The third-order valence-electron chi connectivity index (χ3n) is 4.81. The maximum Gasteiger partial charge on any atom is 0.0946 e. The highest BCUT2D eigenvalue weighted by Crippen LogP contribution is 2.36. The predicted octanol–water partition coefficient (Wildman–Crippen LogP) is 2.62. The number of fused-ring (bicyclic) bond motifs is 1. The molecule has 1 aliphatic carbocycles. The van der Waals surface area contributed by atoms with Gasteiger partial charge in [0.2, 0.25) is 0 Å². The van der Waals surface area contributed by atoms with Crippen molar-refractivity contribution in [1.29, 1.82) is 0 Å². The lowest BCUT2D eigenvalue weighted by atomic mass is 10.0. The van der Waals surface area contributed by atoms with E-state index in [9.17, 15) is 0 Å². The van der Waals surface area contributed by atoms with Crippen LogP contribution in [0.15, 0.2) is 35.5 Å². The Morgan fingerprint density at radius 2 is 2.38 bits per heavy atom. The van der Waals surface area contributed by atoms with Gasteiger partial charge in [-0.2, -0.15) is 11.3 Å². The molecule has 0 aromatic carbocycles. The van der Waals surface area contributed by atoms with E-state index in [1.54, 1.807) is 11.3 Å². The van der Waals surface area contributed by atoms with Crippen LogP contribution >= 0.6 is 11.3 Å². The van der Waals surface area contributed by atoms with Crippen LogP contribution in [0.5, 0.6) is 0 Å². The number of hydrogen-bond acceptors (Lipinski definition) is 4. The molecule has 1 saturated heterocycles. The third-order valence-corrected chi connectivity index (χ3v) is 5.54. The van der Waals surface area contributed by atoms with Gasteiger partial charge >= 0.3 is 0 Å². The van der Waals surface area contributed by atoms with Gasteiger partial charge in [-0.05, 0) is 35.2 Å². The molecule has 1 saturated carbocycles. The van der Waals surface area contributed by atoms with Crippen LogP contribution in [0.25, 0.3) is 0 Å². The van der Waals surface area contributed by atoms with Crippen molar-refractivity contribution in [2.75, 3.05) is 13.2 Å². The fourth-order valence-corrected chi connectivity index (χ4v) is 4.47. The maximum absolute atomic E-state index is 6.14. The number of imidazole rings is 1. The summed E-state index contributed by atoms with van der Waals surface area (Å²) in [6.07, 6.45) is 8.73. The quantitative estimate of drug-likeness (QED) is 0.870. The molecule has 4 nitrogen and oxygen atoms in total. The largest absolute Gasteiger partial charge is 0.375 e. The average Bonchev–Trinajstić information content (AvgIpc) is 3.22. The fourth-order valence-electron chi connectivity index (χ4n) is 3.81. The minimum Gasteiger partial charge on any atom is -0.375 e. The van der Waals surface area contributed by atoms with Crippen molar-refractivity contribution < 1.29 is 4.74 Å². The van der Waals surface area contributed by atoms with Crippen molar-refractivity contribution >= 4 is 11.3 Å². The van der Waals surface area contributed by atoms with Crippen LogP contribution in [0.1, 0.15) is 18.4 Å². The van der Waals surface area contributed by atoms with Crippen molar-refractivity contribution in [3.63, 3.8) is 0 Å². The van der Waals surface area contributed by atoms with Crippen LogP contribution in [0.4, 0.5) is 0 Å². The topological polar surface area (TPSA) is 30.3 Å². The zero-order chi connectivity index (χ0) is 14.1. The molecule has 2 aromatic heterocycles. The molecule has 3 heterocycles. The second-order valence-corrected chi connectivity index (χ2v) is 6.88. The van der Waals surface area contributed by atoms with Crippen molar-refractivity contribution in [2.45, 2.75) is 38.1 Å². The summed E-state index contributed by atoms with van der Waals surface area (Å²) in [7, 11) is 0. The van der Waals surface area contributed by atoms with Gasteiger partial charge in [0.15, 0.2) is 0 Å².